The Kier molecular flexibility index (Phi) is 3.11. The summed E-state index contributed by atoms with van der Waals surface area (Å²) in [6, 6.07) is 1.49. The first-order valence-corrected chi connectivity index (χ1v) is 3.75. The number of carbonyl (C=O) groups is 1. The van der Waals surface area contributed by atoms with Crippen molar-refractivity contribution in [1.82, 2.24) is 4.98 Å². The summed E-state index contributed by atoms with van der Waals surface area (Å²) in [4.78, 5) is 14.2. The van der Waals surface area contributed by atoms with Crippen LogP contribution in [0.2, 0.25) is 0 Å². The molecule has 1 amide bonds. The highest BCUT2D eigenvalue weighted by molar-refractivity contribution is 5.82. The van der Waals surface area contributed by atoms with Gasteiger partial charge in [-0.15, -0.1) is 0 Å². The van der Waals surface area contributed by atoms with Crippen molar-refractivity contribution >= 4 is 11.8 Å². The molecule has 0 unspecified atom stereocenters. The van der Waals surface area contributed by atoms with E-state index in [1.807, 2.05) is 0 Å². The lowest BCUT2D eigenvalue weighted by Gasteiger charge is -2.07. The van der Waals surface area contributed by atoms with Gasteiger partial charge in [0.25, 0.3) is 5.88 Å². The zero-order valence-electron chi connectivity index (χ0n) is 7.77. The molecule has 1 rings (SSSR count). The van der Waals surface area contributed by atoms with Gasteiger partial charge >= 0.3 is 6.09 Å². The summed E-state index contributed by atoms with van der Waals surface area (Å²) in [5, 5.41) is 10.6. The number of nitrogens with zero attached hydrogens (tertiary/aromatic N) is 1. The smallest absolute Gasteiger partial charge is 0.409 e. The van der Waals surface area contributed by atoms with Crippen LogP contribution in [0.5, 0.6) is 11.6 Å². The number of hydrogen-bond donors (Lipinski definition) is 2. The van der Waals surface area contributed by atoms with E-state index >= 15 is 0 Å². The number of hydrogen-bond acceptors (Lipinski definition) is 4. The number of anilines is 1. The van der Waals surface area contributed by atoms with Crippen molar-refractivity contribution in [2.75, 3.05) is 19.5 Å². The molecule has 0 saturated heterocycles. The number of rotatable bonds is 3. The normalized spacial score (nSPS) is 9.29. The van der Waals surface area contributed by atoms with Crippen LogP contribution < -0.4 is 14.8 Å². The standard InChI is InChI=1S/C8H10N2O4/c1-13-6-3-5(10-8(11)12)4-9-7(6)14-2/h3-4,10H,1-2H3,(H,11,12). The number of pyridine rings is 1. The highest BCUT2D eigenvalue weighted by Crippen LogP contribution is 2.26. The van der Waals surface area contributed by atoms with E-state index in [0.717, 1.165) is 0 Å². The molecule has 14 heavy (non-hydrogen) atoms. The van der Waals surface area contributed by atoms with Gasteiger partial charge < -0.3 is 14.6 Å². The van der Waals surface area contributed by atoms with Crippen LogP contribution in [0.15, 0.2) is 12.3 Å². The molecule has 0 aliphatic rings. The fraction of sp³-hybridized carbons (Fsp3) is 0.250. The summed E-state index contributed by atoms with van der Waals surface area (Å²) >= 11 is 0. The lowest BCUT2D eigenvalue weighted by molar-refractivity contribution is 0.209. The second kappa shape index (κ2) is 4.31. The zero-order chi connectivity index (χ0) is 10.6. The van der Waals surface area contributed by atoms with Crippen LogP contribution in [-0.4, -0.2) is 30.4 Å². The lowest BCUT2D eigenvalue weighted by Crippen LogP contribution is -2.07. The molecule has 2 N–H and O–H groups in total. The number of nitrogens with one attached hydrogen (secondary N) is 1. The Balaban J connectivity index is 2.95. The average Bonchev–Trinajstić information content (AvgIpc) is 2.16. The van der Waals surface area contributed by atoms with Crippen LogP contribution in [0.25, 0.3) is 0 Å². The fourth-order valence-electron chi connectivity index (χ4n) is 0.923. The number of methoxy groups -OCH3 is 2. The van der Waals surface area contributed by atoms with Crippen molar-refractivity contribution in [2.24, 2.45) is 0 Å². The Bertz CT molecular complexity index is 340. The molecule has 1 heterocycles. The molecule has 0 atom stereocenters. The average molecular weight is 198 g/mol. The first kappa shape index (κ1) is 10.1. The number of carboxylic acid groups (broad SMARTS) is 1. The van der Waals surface area contributed by atoms with Gasteiger partial charge in [-0.25, -0.2) is 9.78 Å². The third-order valence-electron chi connectivity index (χ3n) is 1.48. The van der Waals surface area contributed by atoms with Gasteiger partial charge in [0, 0.05) is 6.07 Å². The van der Waals surface area contributed by atoms with Gasteiger partial charge in [-0.1, -0.05) is 0 Å². The number of ether oxygens (including phenoxy) is 2. The molecule has 0 aliphatic carbocycles. The molecule has 0 fully saturated rings. The van der Waals surface area contributed by atoms with E-state index in [-0.39, 0.29) is 0 Å². The Morgan fingerprint density at radius 2 is 2.21 bits per heavy atom. The van der Waals surface area contributed by atoms with E-state index in [9.17, 15) is 4.79 Å². The summed E-state index contributed by atoms with van der Waals surface area (Å²) in [5.41, 5.74) is 0.329. The molecule has 6 heteroatoms. The van der Waals surface area contributed by atoms with E-state index < -0.39 is 6.09 Å². The van der Waals surface area contributed by atoms with Crippen molar-refractivity contribution in [3.8, 4) is 11.6 Å². The van der Waals surface area contributed by atoms with Gasteiger partial charge in [0.15, 0.2) is 5.75 Å². The minimum absolute atomic E-state index is 0.309. The molecule has 0 aliphatic heterocycles. The first-order chi connectivity index (χ1) is 6.67. The molecule has 1 aromatic rings. The van der Waals surface area contributed by atoms with Crippen molar-refractivity contribution in [3.05, 3.63) is 12.3 Å². The molecule has 0 aromatic carbocycles. The van der Waals surface area contributed by atoms with Gasteiger partial charge in [0.2, 0.25) is 0 Å². The summed E-state index contributed by atoms with van der Waals surface area (Å²) < 4.78 is 9.82. The predicted octanol–water partition coefficient (Wildman–Crippen LogP) is 1.19. The predicted molar refractivity (Wildman–Crippen MR) is 49.0 cm³/mol. The maximum atomic E-state index is 10.3. The monoisotopic (exact) mass is 198 g/mol. The quantitative estimate of drug-likeness (QED) is 0.762. The lowest BCUT2D eigenvalue weighted by atomic mass is 10.4. The van der Waals surface area contributed by atoms with Crippen LogP contribution in [0.1, 0.15) is 0 Å². The maximum absolute atomic E-state index is 10.3. The molecule has 1 aromatic heterocycles. The molecular weight excluding hydrogens is 188 g/mol. The highest BCUT2D eigenvalue weighted by Gasteiger charge is 2.07. The van der Waals surface area contributed by atoms with E-state index in [2.05, 4.69) is 10.3 Å². The van der Waals surface area contributed by atoms with E-state index in [1.54, 1.807) is 0 Å². The van der Waals surface area contributed by atoms with Crippen LogP contribution in [0.4, 0.5) is 10.5 Å². The fourth-order valence-corrected chi connectivity index (χ4v) is 0.923. The van der Waals surface area contributed by atoms with Crippen LogP contribution in [0, 0.1) is 0 Å². The minimum atomic E-state index is -1.15. The van der Waals surface area contributed by atoms with Crippen molar-refractivity contribution in [2.45, 2.75) is 0 Å². The molecule has 6 nitrogen and oxygen atoms in total. The second-order valence-corrected chi connectivity index (χ2v) is 2.37. The highest BCUT2D eigenvalue weighted by atomic mass is 16.5. The SMILES string of the molecule is COc1cc(NC(=O)O)cnc1OC. The van der Waals surface area contributed by atoms with Gasteiger partial charge in [-0.05, 0) is 0 Å². The molecule has 0 saturated carbocycles. The summed E-state index contributed by atoms with van der Waals surface area (Å²) in [5.74, 6) is 0.683. The van der Waals surface area contributed by atoms with Crippen LogP contribution in [0.3, 0.4) is 0 Å². The van der Waals surface area contributed by atoms with Gasteiger partial charge in [0.1, 0.15) is 0 Å². The summed E-state index contributed by atoms with van der Waals surface area (Å²) in [6.45, 7) is 0. The number of amides is 1. The second-order valence-electron chi connectivity index (χ2n) is 2.37. The minimum Gasteiger partial charge on any atom is -0.491 e. The molecule has 0 radical (unpaired) electrons. The molecule has 0 spiro atoms. The van der Waals surface area contributed by atoms with Gasteiger partial charge in [-0.3, -0.25) is 5.32 Å². The van der Waals surface area contributed by atoms with Crippen LogP contribution in [-0.2, 0) is 0 Å². The van der Waals surface area contributed by atoms with E-state index in [4.69, 9.17) is 14.6 Å². The van der Waals surface area contributed by atoms with Crippen LogP contribution >= 0.6 is 0 Å². The largest absolute Gasteiger partial charge is 0.491 e. The molecule has 76 valence electrons. The Labute approximate surface area is 80.5 Å². The molecular formula is C8H10N2O4. The summed E-state index contributed by atoms with van der Waals surface area (Å²) in [6.07, 6.45) is 0.189. The summed E-state index contributed by atoms with van der Waals surface area (Å²) in [7, 11) is 2.90. The van der Waals surface area contributed by atoms with Crippen molar-refractivity contribution < 1.29 is 19.4 Å². The number of aromatic nitrogens is 1. The Morgan fingerprint density at radius 3 is 2.71 bits per heavy atom. The topological polar surface area (TPSA) is 80.7 Å². The van der Waals surface area contributed by atoms with Gasteiger partial charge in [0.05, 0.1) is 26.1 Å². The van der Waals surface area contributed by atoms with Crippen molar-refractivity contribution in [1.29, 1.82) is 0 Å². The Hall–Kier alpha value is -1.98. The third-order valence-corrected chi connectivity index (χ3v) is 1.48. The van der Waals surface area contributed by atoms with E-state index in [0.29, 0.717) is 17.3 Å². The van der Waals surface area contributed by atoms with E-state index in [1.165, 1.54) is 26.5 Å². The Morgan fingerprint density at radius 1 is 1.50 bits per heavy atom. The zero-order valence-corrected chi connectivity index (χ0v) is 7.77. The first-order valence-electron chi connectivity index (χ1n) is 3.75. The van der Waals surface area contributed by atoms with Crippen molar-refractivity contribution in [3.63, 3.8) is 0 Å². The molecule has 0 bridgehead atoms. The third kappa shape index (κ3) is 2.25. The van der Waals surface area contributed by atoms with Gasteiger partial charge in [-0.2, -0.15) is 0 Å². The maximum Gasteiger partial charge on any atom is 0.409 e.